The smallest absolute Gasteiger partial charge is 0.174 e. The van der Waals surface area contributed by atoms with Crippen LogP contribution in [0.4, 0.5) is 0 Å². The maximum absolute atomic E-state index is 9.27. The van der Waals surface area contributed by atoms with Crippen molar-refractivity contribution < 1.29 is 9.84 Å². The van der Waals surface area contributed by atoms with Crippen molar-refractivity contribution in [3.63, 3.8) is 0 Å². The number of nitriles is 1. The topological polar surface area (TPSA) is 53.2 Å². The Morgan fingerprint density at radius 2 is 1.30 bits per heavy atom. The largest absolute Gasteiger partial charge is 0.507 e. The standard InChI is InChI=1S/C10H10ClNO.C8H9ClO/c1-7-5-9(11)6-8(2)10(7)13-4-3-12;1-5-3-7(9)4-6(2)8(5)10/h5-6H,4H2,1-2H3;3-4,10H,1-2H3. The molecule has 0 aromatic heterocycles. The first-order valence-corrected chi connectivity index (χ1v) is 7.74. The lowest BCUT2D eigenvalue weighted by Crippen LogP contribution is -1.97. The van der Waals surface area contributed by atoms with Gasteiger partial charge in [-0.05, 0) is 74.2 Å². The zero-order valence-corrected chi connectivity index (χ0v) is 15.1. The number of aromatic hydroxyl groups is 1. The Kier molecular flexibility index (Phi) is 7.22. The SMILES string of the molecule is Cc1cc(Cl)cc(C)c1O.Cc1cc(Cl)cc(C)c1OCC#N. The molecule has 122 valence electrons. The number of phenolic OH excluding ortho intramolecular Hbond substituents is 1. The zero-order chi connectivity index (χ0) is 17.6. The first kappa shape index (κ1) is 19.2. The molecular weight excluding hydrogens is 333 g/mol. The van der Waals surface area contributed by atoms with Crippen LogP contribution in [0.2, 0.25) is 10.0 Å². The van der Waals surface area contributed by atoms with E-state index in [2.05, 4.69) is 0 Å². The second kappa shape index (κ2) is 8.67. The molecule has 0 atom stereocenters. The second-order valence-corrected chi connectivity index (χ2v) is 6.08. The normalized spacial score (nSPS) is 9.61. The van der Waals surface area contributed by atoms with Crippen LogP contribution in [0, 0.1) is 39.0 Å². The summed E-state index contributed by atoms with van der Waals surface area (Å²) in [7, 11) is 0. The number of nitrogens with zero attached hydrogens (tertiary/aromatic N) is 1. The van der Waals surface area contributed by atoms with E-state index in [1.807, 2.05) is 45.9 Å². The fraction of sp³-hybridized carbons (Fsp3) is 0.278. The molecule has 2 aromatic rings. The molecule has 0 unspecified atom stereocenters. The fourth-order valence-corrected chi connectivity index (χ4v) is 2.79. The van der Waals surface area contributed by atoms with Crippen LogP contribution in [0.15, 0.2) is 24.3 Å². The van der Waals surface area contributed by atoms with Crippen molar-refractivity contribution in [2.75, 3.05) is 6.61 Å². The van der Waals surface area contributed by atoms with E-state index in [0.717, 1.165) is 28.0 Å². The summed E-state index contributed by atoms with van der Waals surface area (Å²) in [5, 5.41) is 19.0. The lowest BCUT2D eigenvalue weighted by molar-refractivity contribution is 0.363. The van der Waals surface area contributed by atoms with Crippen LogP contribution in [0.25, 0.3) is 0 Å². The lowest BCUT2D eigenvalue weighted by Gasteiger charge is -2.09. The van der Waals surface area contributed by atoms with Crippen LogP contribution in [0.5, 0.6) is 11.5 Å². The molecule has 0 bridgehead atoms. The van der Waals surface area contributed by atoms with Crippen LogP contribution in [0.3, 0.4) is 0 Å². The molecule has 5 heteroatoms. The molecule has 23 heavy (non-hydrogen) atoms. The van der Waals surface area contributed by atoms with Crippen molar-refractivity contribution >= 4 is 23.2 Å². The molecule has 0 fully saturated rings. The Labute approximate surface area is 147 Å². The highest BCUT2D eigenvalue weighted by molar-refractivity contribution is 6.31. The minimum absolute atomic E-state index is 0.0727. The van der Waals surface area contributed by atoms with Crippen LogP contribution in [-0.2, 0) is 0 Å². The third-order valence-corrected chi connectivity index (χ3v) is 3.60. The van der Waals surface area contributed by atoms with Crippen LogP contribution in [-0.4, -0.2) is 11.7 Å². The van der Waals surface area contributed by atoms with E-state index in [1.165, 1.54) is 0 Å². The minimum atomic E-state index is 0.0727. The number of hydrogen-bond donors (Lipinski definition) is 1. The van der Waals surface area contributed by atoms with Gasteiger partial charge >= 0.3 is 0 Å². The van der Waals surface area contributed by atoms with Gasteiger partial charge in [0.15, 0.2) is 6.61 Å². The third-order valence-electron chi connectivity index (χ3n) is 3.16. The van der Waals surface area contributed by atoms with Crippen LogP contribution in [0.1, 0.15) is 22.3 Å². The van der Waals surface area contributed by atoms with Gasteiger partial charge in [0.2, 0.25) is 0 Å². The van der Waals surface area contributed by atoms with Gasteiger partial charge in [0.25, 0.3) is 0 Å². The maximum Gasteiger partial charge on any atom is 0.174 e. The summed E-state index contributed by atoms with van der Waals surface area (Å²) in [6.07, 6.45) is 0. The van der Waals surface area contributed by atoms with Gasteiger partial charge in [-0.1, -0.05) is 23.2 Å². The lowest BCUT2D eigenvalue weighted by atomic mass is 10.1. The van der Waals surface area contributed by atoms with Crippen molar-refractivity contribution in [2.24, 2.45) is 0 Å². The molecule has 0 aliphatic heterocycles. The zero-order valence-electron chi connectivity index (χ0n) is 13.6. The van der Waals surface area contributed by atoms with E-state index in [1.54, 1.807) is 12.1 Å². The summed E-state index contributed by atoms with van der Waals surface area (Å²) in [6.45, 7) is 7.54. The Hall–Kier alpha value is -1.89. The van der Waals surface area contributed by atoms with E-state index in [9.17, 15) is 5.11 Å². The summed E-state index contributed by atoms with van der Waals surface area (Å²) in [5.41, 5.74) is 3.57. The quantitative estimate of drug-likeness (QED) is 0.774. The van der Waals surface area contributed by atoms with E-state index in [4.69, 9.17) is 33.2 Å². The summed E-state index contributed by atoms with van der Waals surface area (Å²) >= 11 is 11.5. The summed E-state index contributed by atoms with van der Waals surface area (Å²) in [6, 6.07) is 9.05. The Balaban J connectivity index is 0.000000238. The van der Waals surface area contributed by atoms with Crippen molar-refractivity contribution in [3.8, 4) is 17.6 Å². The predicted octanol–water partition coefficient (Wildman–Crippen LogP) is 5.52. The monoisotopic (exact) mass is 351 g/mol. The van der Waals surface area contributed by atoms with E-state index < -0.39 is 0 Å². The molecule has 0 spiro atoms. The van der Waals surface area contributed by atoms with E-state index >= 15 is 0 Å². The molecule has 0 saturated heterocycles. The maximum atomic E-state index is 9.27. The molecule has 0 radical (unpaired) electrons. The number of phenols is 1. The molecule has 0 saturated carbocycles. The van der Waals surface area contributed by atoms with Crippen molar-refractivity contribution in [2.45, 2.75) is 27.7 Å². The van der Waals surface area contributed by atoms with Gasteiger partial charge in [0, 0.05) is 10.0 Å². The van der Waals surface area contributed by atoms with Crippen LogP contribution < -0.4 is 4.74 Å². The number of halogens is 2. The van der Waals surface area contributed by atoms with E-state index in [0.29, 0.717) is 15.8 Å². The predicted molar refractivity (Wildman–Crippen MR) is 94.6 cm³/mol. The van der Waals surface area contributed by atoms with Gasteiger partial charge < -0.3 is 9.84 Å². The molecular formula is C18H19Cl2NO2. The average Bonchev–Trinajstić information content (AvgIpc) is 2.44. The average molecular weight is 352 g/mol. The first-order valence-electron chi connectivity index (χ1n) is 6.98. The highest BCUT2D eigenvalue weighted by Gasteiger charge is 2.04. The fourth-order valence-electron chi connectivity index (χ4n) is 2.13. The number of aryl methyl sites for hydroxylation is 4. The molecule has 2 aromatic carbocycles. The molecule has 2 rings (SSSR count). The Morgan fingerprint density at radius 3 is 1.70 bits per heavy atom. The van der Waals surface area contributed by atoms with Gasteiger partial charge in [0.1, 0.15) is 17.6 Å². The first-order chi connectivity index (χ1) is 10.8. The molecule has 0 heterocycles. The number of rotatable bonds is 2. The van der Waals surface area contributed by atoms with Gasteiger partial charge in [-0.15, -0.1) is 0 Å². The molecule has 0 amide bonds. The Bertz CT molecular complexity index is 690. The third kappa shape index (κ3) is 5.67. The van der Waals surface area contributed by atoms with Gasteiger partial charge in [0.05, 0.1) is 0 Å². The number of hydrogen-bond acceptors (Lipinski definition) is 3. The molecule has 1 N–H and O–H groups in total. The second-order valence-electron chi connectivity index (χ2n) is 5.20. The van der Waals surface area contributed by atoms with Gasteiger partial charge in [-0.3, -0.25) is 0 Å². The molecule has 3 nitrogen and oxygen atoms in total. The van der Waals surface area contributed by atoms with Crippen molar-refractivity contribution in [3.05, 3.63) is 56.6 Å². The Morgan fingerprint density at radius 1 is 0.913 bits per heavy atom. The van der Waals surface area contributed by atoms with Crippen molar-refractivity contribution in [1.29, 1.82) is 5.26 Å². The summed E-state index contributed by atoms with van der Waals surface area (Å²) in [4.78, 5) is 0. The summed E-state index contributed by atoms with van der Waals surface area (Å²) in [5.74, 6) is 1.09. The minimum Gasteiger partial charge on any atom is -0.507 e. The molecule has 0 aliphatic carbocycles. The highest BCUT2D eigenvalue weighted by Crippen LogP contribution is 2.27. The van der Waals surface area contributed by atoms with Crippen LogP contribution >= 0.6 is 23.2 Å². The van der Waals surface area contributed by atoms with Gasteiger partial charge in [-0.2, -0.15) is 5.26 Å². The summed E-state index contributed by atoms with van der Waals surface area (Å²) < 4.78 is 5.25. The van der Waals surface area contributed by atoms with E-state index in [-0.39, 0.29) is 6.61 Å². The van der Waals surface area contributed by atoms with Gasteiger partial charge in [-0.25, -0.2) is 0 Å². The molecule has 0 aliphatic rings. The van der Waals surface area contributed by atoms with Crippen molar-refractivity contribution in [1.82, 2.24) is 0 Å². The highest BCUT2D eigenvalue weighted by atomic mass is 35.5. The number of benzene rings is 2. The number of ether oxygens (including phenoxy) is 1.